The molecule has 172 valence electrons. The van der Waals surface area contributed by atoms with Crippen LogP contribution in [0.1, 0.15) is 82.8 Å². The number of ether oxygens (including phenoxy) is 1. The van der Waals surface area contributed by atoms with E-state index < -0.39 is 5.60 Å². The standard InChI is InChI=1S/C27H36N2O3/c1-15-5-8-22-24(25(15)32-20-6-7-20)21(13-28-22)16(2)9-23(30)29-17(3)10-26-11-19(29)12-27(31,14-26)18(26)4/h5,8,13,16-20,28,31H,6-7,9-12,14H2,1-4H3. The molecule has 6 atom stereocenters. The number of benzene rings is 1. The smallest absolute Gasteiger partial charge is 0.223 e. The molecule has 5 nitrogen and oxygen atoms in total. The monoisotopic (exact) mass is 436 g/mol. The predicted octanol–water partition coefficient (Wildman–Crippen LogP) is 5.05. The molecule has 2 heterocycles. The van der Waals surface area contributed by atoms with Gasteiger partial charge in [0.1, 0.15) is 5.75 Å². The lowest BCUT2D eigenvalue weighted by Gasteiger charge is -2.70. The number of nitrogens with one attached hydrogen (secondary N) is 1. The van der Waals surface area contributed by atoms with Gasteiger partial charge in [0.15, 0.2) is 0 Å². The summed E-state index contributed by atoms with van der Waals surface area (Å²) in [6.45, 7) is 8.69. The summed E-state index contributed by atoms with van der Waals surface area (Å²) in [4.78, 5) is 19.1. The molecule has 4 aliphatic carbocycles. The van der Waals surface area contributed by atoms with E-state index in [2.05, 4.69) is 55.9 Å². The SMILES string of the molecule is Cc1ccc2[nH]cc(C(C)CC(=O)N3C(C)CC45CC3CC(O)(C4)C5C)c2c1OC1CC1. The minimum Gasteiger partial charge on any atom is -0.489 e. The van der Waals surface area contributed by atoms with Crippen molar-refractivity contribution in [3.8, 4) is 5.75 Å². The molecule has 5 fully saturated rings. The molecule has 1 amide bonds. The van der Waals surface area contributed by atoms with E-state index in [-0.39, 0.29) is 29.3 Å². The molecular formula is C27H36N2O3. The molecule has 3 bridgehead atoms. The quantitative estimate of drug-likeness (QED) is 0.689. The Balaban J connectivity index is 1.25. The maximum absolute atomic E-state index is 13.6. The number of carbonyl (C=O) groups is 1. The van der Waals surface area contributed by atoms with Gasteiger partial charge in [-0.1, -0.05) is 19.9 Å². The van der Waals surface area contributed by atoms with E-state index in [0.29, 0.717) is 18.4 Å². The van der Waals surface area contributed by atoms with Gasteiger partial charge >= 0.3 is 0 Å². The Labute approximate surface area is 190 Å². The van der Waals surface area contributed by atoms with E-state index in [9.17, 15) is 9.90 Å². The number of carbonyl (C=O) groups excluding carboxylic acids is 1. The predicted molar refractivity (Wildman–Crippen MR) is 125 cm³/mol. The number of likely N-dealkylation sites (tertiary alicyclic amines) is 1. The van der Waals surface area contributed by atoms with E-state index in [4.69, 9.17) is 4.74 Å². The van der Waals surface area contributed by atoms with E-state index >= 15 is 0 Å². The van der Waals surface area contributed by atoms with Crippen molar-refractivity contribution < 1.29 is 14.6 Å². The first-order valence-electron chi connectivity index (χ1n) is 12.5. The lowest BCUT2D eigenvalue weighted by Crippen LogP contribution is -2.73. The summed E-state index contributed by atoms with van der Waals surface area (Å²) in [6, 6.07) is 4.67. The van der Waals surface area contributed by atoms with Gasteiger partial charge in [0.05, 0.1) is 11.7 Å². The van der Waals surface area contributed by atoms with E-state index in [1.54, 1.807) is 0 Å². The first-order valence-corrected chi connectivity index (χ1v) is 12.5. The van der Waals surface area contributed by atoms with Gasteiger partial charge in [0.2, 0.25) is 5.91 Å². The molecule has 4 saturated carbocycles. The average Bonchev–Trinajstić information content (AvgIpc) is 3.44. The number of H-pyrrole nitrogens is 1. The topological polar surface area (TPSA) is 65.6 Å². The minimum atomic E-state index is -0.559. The summed E-state index contributed by atoms with van der Waals surface area (Å²) in [5.41, 5.74) is 3.10. The number of fused-ring (bicyclic) bond motifs is 1. The summed E-state index contributed by atoms with van der Waals surface area (Å²) in [7, 11) is 0. The van der Waals surface area contributed by atoms with E-state index in [1.807, 2.05) is 0 Å². The zero-order valence-corrected chi connectivity index (χ0v) is 19.8. The molecule has 1 spiro atoms. The van der Waals surface area contributed by atoms with Crippen molar-refractivity contribution in [2.75, 3.05) is 0 Å². The zero-order chi connectivity index (χ0) is 22.4. The van der Waals surface area contributed by atoms with E-state index in [0.717, 1.165) is 60.7 Å². The highest BCUT2D eigenvalue weighted by molar-refractivity contribution is 5.91. The molecule has 6 unspecified atom stereocenters. The third-order valence-electron chi connectivity index (χ3n) is 9.32. The maximum Gasteiger partial charge on any atom is 0.223 e. The molecule has 5 aliphatic rings. The van der Waals surface area contributed by atoms with Gasteiger partial charge in [-0.05, 0) is 86.8 Å². The largest absolute Gasteiger partial charge is 0.489 e. The van der Waals surface area contributed by atoms with Crippen LogP contribution in [0, 0.1) is 18.3 Å². The van der Waals surface area contributed by atoms with Crippen LogP contribution < -0.4 is 4.74 Å². The van der Waals surface area contributed by atoms with Crippen LogP contribution in [0.25, 0.3) is 10.9 Å². The van der Waals surface area contributed by atoms with E-state index in [1.165, 1.54) is 5.56 Å². The van der Waals surface area contributed by atoms with Crippen LogP contribution in [0.4, 0.5) is 0 Å². The first-order chi connectivity index (χ1) is 15.2. The highest BCUT2D eigenvalue weighted by Crippen LogP contribution is 2.67. The lowest BCUT2D eigenvalue weighted by atomic mass is 9.41. The minimum absolute atomic E-state index is 0.0998. The molecular weight excluding hydrogens is 400 g/mol. The van der Waals surface area contributed by atoms with Crippen molar-refractivity contribution in [3.05, 3.63) is 29.5 Å². The second-order valence-corrected chi connectivity index (χ2v) is 11.6. The van der Waals surface area contributed by atoms with Gasteiger partial charge in [0.25, 0.3) is 0 Å². The normalized spacial score (nSPS) is 36.7. The van der Waals surface area contributed by atoms with Gasteiger partial charge in [-0.15, -0.1) is 0 Å². The van der Waals surface area contributed by atoms with Crippen LogP contribution in [0.3, 0.4) is 0 Å². The second kappa shape index (κ2) is 6.75. The van der Waals surface area contributed by atoms with Gasteiger partial charge < -0.3 is 19.7 Å². The van der Waals surface area contributed by atoms with Crippen LogP contribution in [0.5, 0.6) is 5.75 Å². The van der Waals surface area contributed by atoms with Crippen molar-refractivity contribution in [1.29, 1.82) is 0 Å². The highest BCUT2D eigenvalue weighted by atomic mass is 16.5. The van der Waals surface area contributed by atoms with Crippen molar-refractivity contribution in [2.45, 2.75) is 102 Å². The fourth-order valence-corrected chi connectivity index (χ4v) is 7.52. The molecule has 1 aromatic heterocycles. The summed E-state index contributed by atoms with van der Waals surface area (Å²) in [5.74, 6) is 1.68. The Kier molecular flexibility index (Phi) is 4.34. The summed E-state index contributed by atoms with van der Waals surface area (Å²) < 4.78 is 6.30. The number of nitrogens with zero attached hydrogens (tertiary/aromatic N) is 1. The van der Waals surface area contributed by atoms with Gasteiger partial charge in [-0.25, -0.2) is 0 Å². The maximum atomic E-state index is 13.6. The number of hydrogen-bond acceptors (Lipinski definition) is 3. The lowest BCUT2D eigenvalue weighted by molar-refractivity contribution is -0.265. The second-order valence-electron chi connectivity index (χ2n) is 11.6. The van der Waals surface area contributed by atoms with Crippen molar-refractivity contribution in [1.82, 2.24) is 9.88 Å². The van der Waals surface area contributed by atoms with Crippen molar-refractivity contribution in [3.63, 3.8) is 0 Å². The van der Waals surface area contributed by atoms with Crippen LogP contribution in [0.15, 0.2) is 18.3 Å². The molecule has 7 rings (SSSR count). The van der Waals surface area contributed by atoms with Crippen LogP contribution in [-0.4, -0.2) is 44.7 Å². The van der Waals surface area contributed by atoms with Gasteiger partial charge in [-0.2, -0.15) is 0 Å². The number of aromatic nitrogens is 1. The Morgan fingerprint density at radius 3 is 2.78 bits per heavy atom. The molecule has 2 N–H and O–H groups in total. The first kappa shape index (κ1) is 20.6. The highest BCUT2D eigenvalue weighted by Gasteiger charge is 2.68. The number of amides is 1. The Morgan fingerprint density at radius 2 is 2.06 bits per heavy atom. The number of aromatic amines is 1. The number of hydrogen-bond donors (Lipinski definition) is 2. The summed E-state index contributed by atoms with van der Waals surface area (Å²) in [6.07, 6.45) is 8.92. The summed E-state index contributed by atoms with van der Waals surface area (Å²) in [5, 5.41) is 12.2. The molecule has 0 radical (unpaired) electrons. The molecule has 32 heavy (non-hydrogen) atoms. The van der Waals surface area contributed by atoms with Crippen LogP contribution in [0.2, 0.25) is 0 Å². The fourth-order valence-electron chi connectivity index (χ4n) is 7.52. The van der Waals surface area contributed by atoms with Crippen molar-refractivity contribution >= 4 is 16.8 Å². The van der Waals surface area contributed by atoms with Gasteiger partial charge in [0, 0.05) is 35.6 Å². The Morgan fingerprint density at radius 1 is 1.28 bits per heavy atom. The Hall–Kier alpha value is -2.01. The molecule has 1 saturated heterocycles. The Bertz CT molecular complexity index is 1080. The van der Waals surface area contributed by atoms with Gasteiger partial charge in [-0.3, -0.25) is 4.79 Å². The zero-order valence-electron chi connectivity index (χ0n) is 19.8. The molecule has 5 heteroatoms. The third-order valence-corrected chi connectivity index (χ3v) is 9.32. The van der Waals surface area contributed by atoms with Crippen molar-refractivity contribution in [2.24, 2.45) is 11.3 Å². The molecule has 1 aromatic carbocycles. The molecule has 1 aliphatic heterocycles. The third kappa shape index (κ3) is 2.89. The van der Waals surface area contributed by atoms with Crippen LogP contribution in [-0.2, 0) is 4.79 Å². The average molecular weight is 437 g/mol. The number of piperidine rings is 1. The fraction of sp³-hybridized carbons (Fsp3) is 0.667. The molecule has 2 aromatic rings. The van der Waals surface area contributed by atoms with Crippen LogP contribution >= 0.6 is 0 Å². The number of aliphatic hydroxyl groups is 1. The summed E-state index contributed by atoms with van der Waals surface area (Å²) >= 11 is 0. The number of aryl methyl sites for hydroxylation is 1. The number of rotatable bonds is 5.